The van der Waals surface area contributed by atoms with Crippen LogP contribution in [0.5, 0.6) is 0 Å². The molecular formula is C14H27ClO3Si. The first-order chi connectivity index (χ1) is 8.62. The first-order valence-corrected chi connectivity index (χ1v) is 10.4. The maximum Gasteiger partial charge on any atom is 0.309 e. The first kappa shape index (κ1) is 17.0. The number of hydrogen-bond acceptors (Lipinski definition) is 3. The van der Waals surface area contributed by atoms with Gasteiger partial charge in [-0.3, -0.25) is 4.79 Å². The first-order valence-electron chi connectivity index (χ1n) is 6.94. The van der Waals surface area contributed by atoms with Gasteiger partial charge in [0.1, 0.15) is 0 Å². The fourth-order valence-electron chi connectivity index (χ4n) is 2.37. The molecule has 0 bridgehead atoms. The minimum absolute atomic E-state index is 0.0998. The molecule has 0 N–H and O–H groups in total. The van der Waals surface area contributed by atoms with Gasteiger partial charge in [-0.05, 0) is 36.9 Å². The minimum Gasteiger partial charge on any atom is -0.469 e. The zero-order chi connectivity index (χ0) is 14.8. The van der Waals surface area contributed by atoms with Crippen molar-refractivity contribution in [3.8, 4) is 0 Å². The van der Waals surface area contributed by atoms with Gasteiger partial charge in [0.05, 0.1) is 13.0 Å². The van der Waals surface area contributed by atoms with Gasteiger partial charge in [-0.25, -0.2) is 0 Å². The molecule has 5 heteroatoms. The number of ether oxygens (including phenoxy) is 1. The Bertz CT molecular complexity index is 325. The lowest BCUT2D eigenvalue weighted by Crippen LogP contribution is -2.43. The van der Waals surface area contributed by atoms with Gasteiger partial charge in [0, 0.05) is 12.0 Å². The molecule has 1 aliphatic carbocycles. The largest absolute Gasteiger partial charge is 0.469 e. The predicted octanol–water partition coefficient (Wildman–Crippen LogP) is 3.81. The average Bonchev–Trinajstić information content (AvgIpc) is 2.68. The van der Waals surface area contributed by atoms with Gasteiger partial charge in [0.2, 0.25) is 0 Å². The zero-order valence-electron chi connectivity index (χ0n) is 13.0. The van der Waals surface area contributed by atoms with E-state index >= 15 is 0 Å². The molecule has 1 aliphatic rings. The Balaban J connectivity index is 2.71. The van der Waals surface area contributed by atoms with E-state index < -0.39 is 8.32 Å². The Labute approximate surface area is 123 Å². The van der Waals surface area contributed by atoms with Crippen molar-refractivity contribution in [2.75, 3.05) is 13.0 Å². The molecule has 0 aromatic carbocycles. The van der Waals surface area contributed by atoms with Crippen LogP contribution in [0.25, 0.3) is 0 Å². The number of esters is 1. The van der Waals surface area contributed by atoms with E-state index in [1.165, 1.54) is 7.11 Å². The van der Waals surface area contributed by atoms with Gasteiger partial charge in [0.25, 0.3) is 0 Å². The molecule has 112 valence electrons. The lowest BCUT2D eigenvalue weighted by atomic mass is 9.98. The minimum atomic E-state index is -1.78. The standard InChI is InChI=1S/C14H27ClO3Si/c1-14(2,3)19(5,6)18-11-7-10(9-15)12(8-11)13(16)17-4/h10-12H,7-9H2,1-6H3/t10-,11-,12-/m0/s1. The molecule has 0 aromatic rings. The van der Waals surface area contributed by atoms with Crippen molar-refractivity contribution in [1.29, 1.82) is 0 Å². The maximum atomic E-state index is 11.8. The van der Waals surface area contributed by atoms with Crippen LogP contribution in [0.1, 0.15) is 33.6 Å². The summed E-state index contributed by atoms with van der Waals surface area (Å²) in [5.74, 6) is 0.435. The molecule has 3 atom stereocenters. The van der Waals surface area contributed by atoms with Gasteiger partial charge in [-0.1, -0.05) is 20.8 Å². The van der Waals surface area contributed by atoms with Crippen molar-refractivity contribution in [3.05, 3.63) is 0 Å². The number of halogens is 1. The Morgan fingerprint density at radius 1 is 1.32 bits per heavy atom. The summed E-state index contributed by atoms with van der Waals surface area (Å²) in [4.78, 5) is 11.8. The average molecular weight is 307 g/mol. The maximum absolute atomic E-state index is 11.8. The van der Waals surface area contributed by atoms with Crippen LogP contribution in [0.3, 0.4) is 0 Å². The second kappa shape index (κ2) is 6.14. The van der Waals surface area contributed by atoms with Crippen LogP contribution in [-0.4, -0.2) is 33.4 Å². The van der Waals surface area contributed by atoms with Crippen LogP contribution in [0, 0.1) is 11.8 Å². The Kier molecular flexibility index (Phi) is 5.49. The molecule has 0 saturated heterocycles. The molecule has 0 spiro atoms. The van der Waals surface area contributed by atoms with E-state index in [1.807, 2.05) is 0 Å². The summed E-state index contributed by atoms with van der Waals surface area (Å²) in [7, 11) is -0.342. The van der Waals surface area contributed by atoms with E-state index in [0.29, 0.717) is 5.88 Å². The van der Waals surface area contributed by atoms with Crippen molar-refractivity contribution in [2.24, 2.45) is 11.8 Å². The molecule has 0 aliphatic heterocycles. The van der Waals surface area contributed by atoms with Crippen LogP contribution in [0.15, 0.2) is 0 Å². The second-order valence-corrected chi connectivity index (χ2v) is 12.1. The van der Waals surface area contributed by atoms with Gasteiger partial charge in [-0.15, -0.1) is 11.6 Å². The van der Waals surface area contributed by atoms with Gasteiger partial charge < -0.3 is 9.16 Å². The summed E-state index contributed by atoms with van der Waals surface area (Å²) in [5.41, 5.74) is 0. The molecule has 3 nitrogen and oxygen atoms in total. The number of alkyl halides is 1. The predicted molar refractivity (Wildman–Crippen MR) is 81.0 cm³/mol. The summed E-state index contributed by atoms with van der Waals surface area (Å²) in [5, 5.41) is 0.187. The van der Waals surface area contributed by atoms with Crippen molar-refractivity contribution in [3.63, 3.8) is 0 Å². The van der Waals surface area contributed by atoms with E-state index in [-0.39, 0.29) is 28.9 Å². The highest BCUT2D eigenvalue weighted by atomic mass is 35.5. The smallest absolute Gasteiger partial charge is 0.309 e. The van der Waals surface area contributed by atoms with Crippen LogP contribution >= 0.6 is 11.6 Å². The fourth-order valence-corrected chi connectivity index (χ4v) is 4.09. The molecule has 1 rings (SSSR count). The van der Waals surface area contributed by atoms with E-state index in [0.717, 1.165) is 12.8 Å². The monoisotopic (exact) mass is 306 g/mol. The number of rotatable bonds is 4. The van der Waals surface area contributed by atoms with Gasteiger partial charge in [0.15, 0.2) is 8.32 Å². The summed E-state index contributed by atoms with van der Waals surface area (Å²) in [6.07, 6.45) is 1.76. The molecule has 0 unspecified atom stereocenters. The van der Waals surface area contributed by atoms with Crippen LogP contribution in [0.2, 0.25) is 18.1 Å². The zero-order valence-corrected chi connectivity index (χ0v) is 14.7. The number of carbonyl (C=O) groups excluding carboxylic acids is 1. The number of hydrogen-bond donors (Lipinski definition) is 0. The highest BCUT2D eigenvalue weighted by Crippen LogP contribution is 2.42. The van der Waals surface area contributed by atoms with Gasteiger partial charge in [-0.2, -0.15) is 0 Å². The molecular weight excluding hydrogens is 280 g/mol. The normalized spacial score (nSPS) is 28.5. The highest BCUT2D eigenvalue weighted by Gasteiger charge is 2.45. The van der Waals surface area contributed by atoms with Crippen molar-refractivity contribution >= 4 is 25.9 Å². The van der Waals surface area contributed by atoms with E-state index in [9.17, 15) is 4.79 Å². The number of carbonyl (C=O) groups is 1. The summed E-state index contributed by atoms with van der Waals surface area (Å²) in [6.45, 7) is 11.2. The third-order valence-electron chi connectivity index (χ3n) is 4.62. The molecule has 1 saturated carbocycles. The lowest BCUT2D eigenvalue weighted by Gasteiger charge is -2.38. The van der Waals surface area contributed by atoms with Crippen molar-refractivity contribution < 1.29 is 14.0 Å². The van der Waals surface area contributed by atoms with Crippen LogP contribution < -0.4 is 0 Å². The van der Waals surface area contributed by atoms with Crippen molar-refractivity contribution in [1.82, 2.24) is 0 Å². The topological polar surface area (TPSA) is 35.5 Å². The fraction of sp³-hybridized carbons (Fsp3) is 0.929. The van der Waals surface area contributed by atoms with Crippen molar-refractivity contribution in [2.45, 2.75) is 57.8 Å². The Morgan fingerprint density at radius 3 is 2.32 bits per heavy atom. The SMILES string of the molecule is COC(=O)[C@H]1C[C@@H](O[Si](C)(C)C(C)(C)C)C[C@H]1CCl. The molecule has 19 heavy (non-hydrogen) atoms. The quantitative estimate of drug-likeness (QED) is 0.450. The third-order valence-corrected chi connectivity index (χ3v) is 9.55. The van der Waals surface area contributed by atoms with E-state index in [2.05, 4.69) is 33.9 Å². The molecule has 0 amide bonds. The Hall–Kier alpha value is -0.0631. The third kappa shape index (κ3) is 3.96. The highest BCUT2D eigenvalue weighted by molar-refractivity contribution is 6.74. The molecule has 1 fully saturated rings. The van der Waals surface area contributed by atoms with Gasteiger partial charge >= 0.3 is 5.97 Å². The van der Waals surface area contributed by atoms with Crippen LogP contribution in [0.4, 0.5) is 0 Å². The lowest BCUT2D eigenvalue weighted by molar-refractivity contribution is -0.146. The molecule has 0 radical (unpaired) electrons. The summed E-state index contributed by atoms with van der Waals surface area (Å²) < 4.78 is 11.3. The Morgan fingerprint density at radius 2 is 1.89 bits per heavy atom. The second-order valence-electron chi connectivity index (χ2n) is 7.02. The van der Waals surface area contributed by atoms with Crippen LogP contribution in [-0.2, 0) is 14.0 Å². The number of methoxy groups -OCH3 is 1. The summed E-state index contributed by atoms with van der Waals surface area (Å²) >= 11 is 5.98. The molecule has 0 heterocycles. The summed E-state index contributed by atoms with van der Waals surface area (Å²) in [6, 6.07) is 0. The van der Waals surface area contributed by atoms with E-state index in [4.69, 9.17) is 20.8 Å². The molecule has 0 aromatic heterocycles. The van der Waals surface area contributed by atoms with E-state index in [1.54, 1.807) is 0 Å².